The average molecular weight is 490 g/mol. The van der Waals surface area contributed by atoms with Gasteiger partial charge in [0.05, 0.1) is 13.2 Å². The van der Waals surface area contributed by atoms with Gasteiger partial charge in [-0.05, 0) is 40.3 Å². The number of carbonyl (C=O) groups is 3. The van der Waals surface area contributed by atoms with Crippen LogP contribution in [0.4, 0.5) is 0 Å². The average Bonchev–Trinajstić information content (AvgIpc) is 3.39. The summed E-state index contributed by atoms with van der Waals surface area (Å²) >= 11 is 12.4. The van der Waals surface area contributed by atoms with E-state index in [1.165, 1.54) is 25.7 Å². The van der Waals surface area contributed by atoms with Crippen molar-refractivity contribution in [3.05, 3.63) is 56.6 Å². The van der Waals surface area contributed by atoms with Gasteiger partial charge in [-0.3, -0.25) is 14.4 Å². The number of halogens is 2. The Balaban J connectivity index is 1.44. The summed E-state index contributed by atoms with van der Waals surface area (Å²) in [7, 11) is 0.314. The van der Waals surface area contributed by atoms with E-state index in [2.05, 4.69) is 5.32 Å². The molecule has 0 spiro atoms. The lowest BCUT2D eigenvalue weighted by molar-refractivity contribution is -0.137. The van der Waals surface area contributed by atoms with Crippen LogP contribution in [-0.4, -0.2) is 67.0 Å². The van der Waals surface area contributed by atoms with Gasteiger partial charge in [0, 0.05) is 34.3 Å². The number of carbonyl (C=O) groups excluding carboxylic acids is 2. The Morgan fingerprint density at radius 2 is 1.82 bits per heavy atom. The normalized spacial score (nSPS) is 13.8. The monoisotopic (exact) mass is 489 g/mol. The maximum atomic E-state index is 13.0. The van der Waals surface area contributed by atoms with Gasteiger partial charge in [0.15, 0.2) is 0 Å². The highest BCUT2D eigenvalue weighted by Crippen LogP contribution is 2.23. The molecule has 0 saturated carbocycles. The molecule has 169 valence electrons. The van der Waals surface area contributed by atoms with Crippen molar-refractivity contribution in [2.45, 2.75) is 13.2 Å². The number of rotatable bonds is 7. The molecule has 0 bridgehead atoms. The van der Waals surface area contributed by atoms with Gasteiger partial charge in [-0.25, -0.2) is 0 Å². The summed E-state index contributed by atoms with van der Waals surface area (Å²) < 4.78 is 10.3. The van der Waals surface area contributed by atoms with Crippen molar-refractivity contribution in [2.75, 3.05) is 19.6 Å². The Bertz CT molecular complexity index is 1150. The fourth-order valence-electron chi connectivity index (χ4n) is 3.67. The van der Waals surface area contributed by atoms with Crippen LogP contribution in [0.1, 0.15) is 31.8 Å². The zero-order valence-corrected chi connectivity index (χ0v) is 18.7. The molecule has 0 fully saturated rings. The Morgan fingerprint density at radius 1 is 1.09 bits per heavy atom. The van der Waals surface area contributed by atoms with E-state index in [1.54, 1.807) is 6.07 Å². The van der Waals surface area contributed by atoms with Crippen LogP contribution in [0.25, 0.3) is 0 Å². The molecule has 2 aromatic carbocycles. The Hall–Kier alpha value is -2.56. The molecule has 0 saturated heterocycles. The highest BCUT2D eigenvalue weighted by Gasteiger charge is 2.31. The Kier molecular flexibility index (Phi) is 6.96. The molecule has 2 amide bonds. The number of benzene rings is 2. The van der Waals surface area contributed by atoms with Gasteiger partial charge in [0.2, 0.25) is 0 Å². The Labute approximate surface area is 200 Å². The molecular weight excluding hydrogens is 473 g/mol. The van der Waals surface area contributed by atoms with Gasteiger partial charge < -0.3 is 29.7 Å². The summed E-state index contributed by atoms with van der Waals surface area (Å²) in [5.41, 5.74) is 2.88. The number of carboxylic acids is 1. The predicted molar refractivity (Wildman–Crippen MR) is 121 cm³/mol. The third-order valence-corrected chi connectivity index (χ3v) is 6.01. The van der Waals surface area contributed by atoms with Crippen molar-refractivity contribution in [3.63, 3.8) is 0 Å². The van der Waals surface area contributed by atoms with E-state index in [1.807, 2.05) is 0 Å². The van der Waals surface area contributed by atoms with Crippen LogP contribution in [0.15, 0.2) is 24.3 Å². The van der Waals surface area contributed by atoms with E-state index < -0.39 is 31.4 Å². The van der Waals surface area contributed by atoms with Crippen LogP contribution in [0.2, 0.25) is 10.0 Å². The van der Waals surface area contributed by atoms with E-state index in [-0.39, 0.29) is 30.3 Å². The third kappa shape index (κ3) is 5.02. The molecule has 1 radical (unpaired) electrons. The third-order valence-electron chi connectivity index (χ3n) is 5.34. The molecule has 9 nitrogen and oxygen atoms in total. The second kappa shape index (κ2) is 9.74. The van der Waals surface area contributed by atoms with E-state index in [0.717, 1.165) is 15.9 Å². The molecule has 2 heterocycles. The molecule has 0 aromatic heterocycles. The van der Waals surface area contributed by atoms with Gasteiger partial charge >= 0.3 is 20.6 Å². The van der Waals surface area contributed by atoms with Crippen LogP contribution in [-0.2, 0) is 27.3 Å². The summed E-state index contributed by atoms with van der Waals surface area (Å²) in [6, 6.07) is 6.00. The van der Waals surface area contributed by atoms with Crippen molar-refractivity contribution in [1.29, 1.82) is 0 Å². The number of hydrogen-bond donors (Lipinski definition) is 3. The second-order valence-corrected chi connectivity index (χ2v) is 8.33. The minimum Gasteiger partial charge on any atom is -0.480 e. The number of nitrogens with one attached hydrogen (secondary N) is 1. The lowest BCUT2D eigenvalue weighted by Gasteiger charge is -2.21. The molecule has 3 N–H and O–H groups in total. The number of hydrogen-bond acceptors (Lipinski definition) is 6. The minimum absolute atomic E-state index is 0.00280. The summed E-state index contributed by atoms with van der Waals surface area (Å²) in [5.74, 6) is -2.25. The summed E-state index contributed by atoms with van der Waals surface area (Å²) in [5, 5.41) is 22.5. The van der Waals surface area contributed by atoms with Crippen molar-refractivity contribution < 1.29 is 33.8 Å². The van der Waals surface area contributed by atoms with Crippen LogP contribution in [0.3, 0.4) is 0 Å². The van der Waals surface area contributed by atoms with Gasteiger partial charge in [0.25, 0.3) is 11.8 Å². The van der Waals surface area contributed by atoms with Crippen LogP contribution >= 0.6 is 23.2 Å². The standard InChI is InChI=1S/C20H17B2Cl2N2O7/c23-16-5-10(3-14-12(16)8-32-21-14)19(29)25-1-2-26(7-18(27)28)20(30)11-4-15-13(17(24)6-11)9-33-22(15)31/h3-6,31H,1-2,7-9H2,(H,25,29)(H,27,28). The first-order valence-corrected chi connectivity index (χ1v) is 10.7. The maximum Gasteiger partial charge on any atom is 0.491 e. The van der Waals surface area contributed by atoms with Gasteiger partial charge in [-0.2, -0.15) is 0 Å². The highest BCUT2D eigenvalue weighted by molar-refractivity contribution is 6.62. The summed E-state index contributed by atoms with van der Waals surface area (Å²) in [4.78, 5) is 37.9. The number of nitrogens with zero attached hydrogens (tertiary/aromatic N) is 1. The topological polar surface area (TPSA) is 125 Å². The molecule has 4 rings (SSSR count). The SMILES string of the molecule is O=C(O)CN(CCNC(=O)c1cc(Cl)c2c(c1)[B]OC2)C(=O)c1cc(Cl)c2c(c1)B(O)OC2. The lowest BCUT2D eigenvalue weighted by atomic mass is 9.78. The lowest BCUT2D eigenvalue weighted by Crippen LogP contribution is -2.42. The zero-order valence-electron chi connectivity index (χ0n) is 17.1. The van der Waals surface area contributed by atoms with Crippen molar-refractivity contribution in [2.24, 2.45) is 0 Å². The van der Waals surface area contributed by atoms with E-state index in [0.29, 0.717) is 28.2 Å². The Morgan fingerprint density at radius 3 is 2.58 bits per heavy atom. The smallest absolute Gasteiger partial charge is 0.480 e. The van der Waals surface area contributed by atoms with Crippen LogP contribution < -0.4 is 16.2 Å². The predicted octanol–water partition coefficient (Wildman–Crippen LogP) is -0.0574. The van der Waals surface area contributed by atoms with Crippen LogP contribution in [0.5, 0.6) is 0 Å². The number of amides is 2. The van der Waals surface area contributed by atoms with E-state index >= 15 is 0 Å². The van der Waals surface area contributed by atoms with E-state index in [4.69, 9.17) is 32.5 Å². The zero-order chi connectivity index (χ0) is 23.7. The molecule has 2 aromatic rings. The molecular formula is C20H17B2Cl2N2O7. The number of aliphatic carboxylic acids is 1. The number of carboxylic acid groups (broad SMARTS) is 1. The minimum atomic E-state index is -1.22. The fraction of sp³-hybridized carbons (Fsp3) is 0.250. The maximum absolute atomic E-state index is 13.0. The van der Waals surface area contributed by atoms with E-state index in [9.17, 15) is 24.5 Å². The fourth-order valence-corrected chi connectivity index (χ4v) is 4.23. The quantitative estimate of drug-likeness (QED) is 0.465. The first-order chi connectivity index (χ1) is 15.7. The molecule has 0 atom stereocenters. The molecule has 0 unspecified atom stereocenters. The summed E-state index contributed by atoms with van der Waals surface area (Å²) in [6.45, 7) is -0.196. The van der Waals surface area contributed by atoms with Gasteiger partial charge in [-0.15, -0.1) is 0 Å². The highest BCUT2D eigenvalue weighted by atomic mass is 35.5. The molecule has 0 aliphatic carbocycles. The molecule has 13 heteroatoms. The first-order valence-electron chi connectivity index (χ1n) is 9.93. The molecule has 33 heavy (non-hydrogen) atoms. The molecule has 2 aliphatic heterocycles. The molecule has 2 aliphatic rings. The van der Waals surface area contributed by atoms with Gasteiger partial charge in [0.1, 0.15) is 6.54 Å². The van der Waals surface area contributed by atoms with Gasteiger partial charge in [-0.1, -0.05) is 29.3 Å². The summed E-state index contributed by atoms with van der Waals surface area (Å²) in [6.07, 6.45) is 0. The van der Waals surface area contributed by atoms with Crippen molar-refractivity contribution in [1.82, 2.24) is 10.2 Å². The first kappa shape index (κ1) is 23.6. The van der Waals surface area contributed by atoms with Crippen molar-refractivity contribution in [3.8, 4) is 0 Å². The number of fused-ring (bicyclic) bond motifs is 2. The largest absolute Gasteiger partial charge is 0.491 e. The van der Waals surface area contributed by atoms with Crippen LogP contribution in [0, 0.1) is 0 Å². The second-order valence-electron chi connectivity index (χ2n) is 7.52. The van der Waals surface area contributed by atoms with Crippen molar-refractivity contribution >= 4 is 66.5 Å².